The highest BCUT2D eigenvalue weighted by Crippen LogP contribution is 2.44. The molecule has 1 aromatic rings. The molecular formula is C17H19F3N6O5. The van der Waals surface area contributed by atoms with E-state index in [-0.39, 0.29) is 24.0 Å². The number of rotatable bonds is 3. The Morgan fingerprint density at radius 2 is 1.87 bits per heavy atom. The van der Waals surface area contributed by atoms with Crippen LogP contribution in [0.25, 0.3) is 0 Å². The molecule has 0 saturated carbocycles. The van der Waals surface area contributed by atoms with Crippen molar-refractivity contribution in [1.82, 2.24) is 20.9 Å². The average Bonchev–Trinajstić information content (AvgIpc) is 3.16. The lowest BCUT2D eigenvalue weighted by Crippen LogP contribution is -2.80. The molecule has 0 bridgehead atoms. The first-order valence-electron chi connectivity index (χ1n) is 9.11. The summed E-state index contributed by atoms with van der Waals surface area (Å²) in [4.78, 5) is 13.6. The maximum absolute atomic E-state index is 12.7. The Labute approximate surface area is 172 Å². The molecule has 3 aliphatic rings. The molecule has 8 N–H and O–H groups in total. The molecule has 1 aromatic carbocycles. The molecular weight excluding hydrogens is 425 g/mol. The number of ether oxygens (including phenoxy) is 1. The van der Waals surface area contributed by atoms with Crippen LogP contribution in [0.4, 0.5) is 13.2 Å². The summed E-state index contributed by atoms with van der Waals surface area (Å²) in [5, 5.41) is 55.5. The number of hydrogen-bond acceptors (Lipinski definition) is 7. The van der Waals surface area contributed by atoms with Crippen LogP contribution in [0, 0.1) is 10.8 Å². The van der Waals surface area contributed by atoms with Crippen LogP contribution < -0.4 is 16.0 Å². The van der Waals surface area contributed by atoms with Gasteiger partial charge in [-0.3, -0.25) is 10.8 Å². The summed E-state index contributed by atoms with van der Waals surface area (Å²) in [5.74, 6) is -4.54. The van der Waals surface area contributed by atoms with Crippen LogP contribution >= 0.6 is 0 Å². The summed E-state index contributed by atoms with van der Waals surface area (Å²) in [6.07, 6.45) is -6.22. The maximum Gasteiger partial charge on any atom is 0.416 e. The molecule has 0 aliphatic carbocycles. The zero-order chi connectivity index (χ0) is 22.8. The Bertz CT molecular complexity index is 939. The quantitative estimate of drug-likeness (QED) is 0.200. The number of hydrogen-bond donors (Lipinski definition) is 8. The van der Waals surface area contributed by atoms with Gasteiger partial charge >= 0.3 is 12.1 Å². The van der Waals surface area contributed by atoms with Crippen molar-refractivity contribution < 1.29 is 38.0 Å². The van der Waals surface area contributed by atoms with Crippen LogP contribution in [-0.2, 0) is 10.9 Å². The van der Waals surface area contributed by atoms with Gasteiger partial charge in [0.05, 0.1) is 36.4 Å². The molecule has 4 rings (SSSR count). The second-order valence-corrected chi connectivity index (χ2v) is 7.48. The van der Waals surface area contributed by atoms with Gasteiger partial charge in [0.1, 0.15) is 0 Å². The van der Waals surface area contributed by atoms with E-state index in [0.717, 1.165) is 17.0 Å². The maximum atomic E-state index is 12.7. The number of aliphatic hydroxyl groups excluding tert-OH is 1. The van der Waals surface area contributed by atoms with E-state index in [1.54, 1.807) is 0 Å². The highest BCUT2D eigenvalue weighted by atomic mass is 19.4. The van der Waals surface area contributed by atoms with Gasteiger partial charge in [0, 0.05) is 0 Å². The lowest BCUT2D eigenvalue weighted by atomic mass is 9.85. The van der Waals surface area contributed by atoms with Crippen molar-refractivity contribution in [2.45, 2.75) is 35.8 Å². The third kappa shape index (κ3) is 2.97. The van der Waals surface area contributed by atoms with E-state index in [4.69, 9.17) is 15.6 Å². The first-order valence-corrected chi connectivity index (χ1v) is 9.11. The van der Waals surface area contributed by atoms with E-state index in [9.17, 15) is 33.3 Å². The molecule has 0 unspecified atom stereocenters. The molecule has 0 aromatic heterocycles. The smallest absolute Gasteiger partial charge is 0.416 e. The van der Waals surface area contributed by atoms with Crippen LogP contribution in [0.2, 0.25) is 0 Å². The fraction of sp³-hybridized carbons (Fsp3) is 0.471. The third-order valence-electron chi connectivity index (χ3n) is 5.74. The summed E-state index contributed by atoms with van der Waals surface area (Å²) in [6, 6.07) is 1.33. The summed E-state index contributed by atoms with van der Waals surface area (Å²) in [5.41, 5.74) is -3.11. The number of esters is 1. The van der Waals surface area contributed by atoms with Crippen molar-refractivity contribution in [3.05, 3.63) is 35.4 Å². The minimum atomic E-state index is -4.58. The minimum absolute atomic E-state index is 0.241. The molecule has 31 heavy (non-hydrogen) atoms. The van der Waals surface area contributed by atoms with E-state index in [0.29, 0.717) is 12.1 Å². The molecule has 0 amide bonds. The predicted molar refractivity (Wildman–Crippen MR) is 96.8 cm³/mol. The van der Waals surface area contributed by atoms with Gasteiger partial charge in [-0.25, -0.2) is 4.79 Å². The third-order valence-corrected chi connectivity index (χ3v) is 5.74. The lowest BCUT2D eigenvalue weighted by molar-refractivity contribution is -0.258. The topological polar surface area (TPSA) is 174 Å². The van der Waals surface area contributed by atoms with Gasteiger partial charge < -0.3 is 40.9 Å². The molecule has 3 aliphatic heterocycles. The number of alkyl halides is 3. The Morgan fingerprint density at radius 1 is 1.23 bits per heavy atom. The van der Waals surface area contributed by atoms with Crippen molar-refractivity contribution in [2.75, 3.05) is 13.2 Å². The fourth-order valence-corrected chi connectivity index (χ4v) is 4.26. The largest absolute Gasteiger partial charge is 0.451 e. The molecule has 4 atom stereocenters. The van der Waals surface area contributed by atoms with Crippen molar-refractivity contribution in [3.8, 4) is 0 Å². The second kappa shape index (κ2) is 6.70. The Kier molecular flexibility index (Phi) is 4.57. The molecule has 3 fully saturated rings. The Morgan fingerprint density at radius 3 is 2.45 bits per heavy atom. The molecule has 11 nitrogen and oxygen atoms in total. The standard InChI is InChI=1S/C17H19F3N6O5/c18-17(19,20)8-3-1-7(2-4-8)12(28)31-10-5-26-14(22)23-9(6-27)11-15(26,16(10,29)30)25-13(21)24-11/h1-4,9-11,27,29-30H,5-6H2,(H2,22,23)(H3,21,24,25)/t9-,10-,11-,15-/m0/s1. The van der Waals surface area contributed by atoms with Gasteiger partial charge in [-0.1, -0.05) is 0 Å². The summed E-state index contributed by atoms with van der Waals surface area (Å²) < 4.78 is 43.3. The van der Waals surface area contributed by atoms with Crippen LogP contribution in [0.15, 0.2) is 24.3 Å². The van der Waals surface area contributed by atoms with Gasteiger partial charge in [-0.05, 0) is 24.3 Å². The van der Waals surface area contributed by atoms with Crippen LogP contribution in [0.5, 0.6) is 0 Å². The lowest BCUT2D eigenvalue weighted by Gasteiger charge is -2.50. The monoisotopic (exact) mass is 444 g/mol. The van der Waals surface area contributed by atoms with Gasteiger partial charge in [-0.2, -0.15) is 13.2 Å². The zero-order valence-corrected chi connectivity index (χ0v) is 15.7. The highest BCUT2D eigenvalue weighted by Gasteiger charge is 2.75. The van der Waals surface area contributed by atoms with Crippen molar-refractivity contribution in [3.63, 3.8) is 0 Å². The number of benzene rings is 1. The van der Waals surface area contributed by atoms with Crippen molar-refractivity contribution in [1.29, 1.82) is 10.8 Å². The predicted octanol–water partition coefficient (Wildman–Crippen LogP) is -1.68. The Hall–Kier alpha value is -3.10. The molecule has 1 spiro atoms. The van der Waals surface area contributed by atoms with Gasteiger partial charge in [-0.15, -0.1) is 0 Å². The molecule has 3 saturated heterocycles. The van der Waals surface area contributed by atoms with E-state index < -0.39 is 54.0 Å². The zero-order valence-electron chi connectivity index (χ0n) is 15.7. The van der Waals surface area contributed by atoms with Crippen molar-refractivity contribution in [2.24, 2.45) is 0 Å². The van der Waals surface area contributed by atoms with Crippen molar-refractivity contribution >= 4 is 17.9 Å². The molecule has 168 valence electrons. The second-order valence-electron chi connectivity index (χ2n) is 7.48. The van der Waals surface area contributed by atoms with E-state index in [1.165, 1.54) is 0 Å². The molecule has 14 heteroatoms. The van der Waals surface area contributed by atoms with Gasteiger partial charge in [0.2, 0.25) is 5.79 Å². The normalized spacial score (nSPS) is 31.3. The number of carbonyl (C=O) groups excluding carboxylic acids is 1. The van der Waals surface area contributed by atoms with E-state index in [2.05, 4.69) is 16.0 Å². The average molecular weight is 444 g/mol. The minimum Gasteiger partial charge on any atom is -0.451 e. The first kappa shape index (κ1) is 21.1. The number of nitrogens with one attached hydrogen (secondary N) is 5. The van der Waals surface area contributed by atoms with Gasteiger partial charge in [0.15, 0.2) is 23.7 Å². The fourth-order valence-electron chi connectivity index (χ4n) is 4.26. The summed E-state index contributed by atoms with van der Waals surface area (Å²) >= 11 is 0. The SMILES string of the molecule is N=C1N[C@H]2[C@H](CO)NC(=N)N3C[C@H](OC(=O)c4ccc(C(F)(F)F)cc4)C(O)(O)[C@]23N1. The van der Waals surface area contributed by atoms with Crippen LogP contribution in [0.1, 0.15) is 15.9 Å². The van der Waals surface area contributed by atoms with E-state index in [1.807, 2.05) is 0 Å². The number of carbonyl (C=O) groups is 1. The summed E-state index contributed by atoms with van der Waals surface area (Å²) in [7, 11) is 0. The number of guanidine groups is 2. The molecule has 3 heterocycles. The molecule has 0 radical (unpaired) electrons. The highest BCUT2D eigenvalue weighted by molar-refractivity contribution is 5.90. The number of nitrogens with zero attached hydrogens (tertiary/aromatic N) is 1. The summed E-state index contributed by atoms with van der Waals surface area (Å²) in [6.45, 7) is -0.876. The van der Waals surface area contributed by atoms with E-state index >= 15 is 0 Å². The van der Waals surface area contributed by atoms with Gasteiger partial charge in [0.25, 0.3) is 0 Å². The van der Waals surface area contributed by atoms with Crippen LogP contribution in [0.3, 0.4) is 0 Å². The Balaban J connectivity index is 1.62. The number of aliphatic hydroxyl groups is 3. The number of halogens is 3. The first-order chi connectivity index (χ1) is 14.4. The van der Waals surface area contributed by atoms with Crippen LogP contribution in [-0.4, -0.2) is 80.9 Å².